The summed E-state index contributed by atoms with van der Waals surface area (Å²) in [5, 5.41) is 15.1. The van der Waals surface area contributed by atoms with E-state index in [0.29, 0.717) is 23.3 Å². The van der Waals surface area contributed by atoms with Crippen molar-refractivity contribution in [1.82, 2.24) is 9.78 Å². The summed E-state index contributed by atoms with van der Waals surface area (Å²) in [5.41, 5.74) is -3.59. The fraction of sp³-hybridized carbons (Fsp3) is 0.286. The van der Waals surface area contributed by atoms with Crippen molar-refractivity contribution in [3.63, 3.8) is 0 Å². The van der Waals surface area contributed by atoms with Crippen LogP contribution in [0.3, 0.4) is 0 Å². The fourth-order valence-electron chi connectivity index (χ4n) is 3.65. The number of para-hydroxylation sites is 1. The lowest BCUT2D eigenvalue weighted by Crippen LogP contribution is -2.30. The van der Waals surface area contributed by atoms with Crippen LogP contribution in [0.15, 0.2) is 54.7 Å². The van der Waals surface area contributed by atoms with Crippen LogP contribution in [0.4, 0.5) is 18.9 Å². The molecular formula is C21H20F3N3O4S. The Morgan fingerprint density at radius 3 is 2.66 bits per heavy atom. The number of ether oxygens (including phenoxy) is 1. The van der Waals surface area contributed by atoms with Crippen LogP contribution in [-0.2, 0) is 23.5 Å². The number of benzene rings is 2. The first-order valence-electron chi connectivity index (χ1n) is 9.67. The zero-order valence-electron chi connectivity index (χ0n) is 16.9. The van der Waals surface area contributed by atoms with E-state index in [1.165, 1.54) is 18.2 Å². The first-order valence-corrected chi connectivity index (χ1v) is 11.2. The number of aliphatic hydroxyl groups excluding tert-OH is 1. The molecule has 3 aromatic rings. The Morgan fingerprint density at radius 2 is 1.97 bits per heavy atom. The van der Waals surface area contributed by atoms with Crippen molar-refractivity contribution < 1.29 is 31.4 Å². The number of alkyl halides is 3. The van der Waals surface area contributed by atoms with Gasteiger partial charge >= 0.3 is 15.5 Å². The molecule has 0 radical (unpaired) electrons. The topological polar surface area (TPSA) is 93.5 Å². The number of sulfonamides is 1. The van der Waals surface area contributed by atoms with Crippen molar-refractivity contribution in [2.24, 2.45) is 13.0 Å². The van der Waals surface area contributed by atoms with Gasteiger partial charge in [-0.05, 0) is 23.8 Å². The molecule has 0 saturated heterocycles. The summed E-state index contributed by atoms with van der Waals surface area (Å²) in [6.45, 7) is 0.233. The minimum absolute atomic E-state index is 0.214. The van der Waals surface area contributed by atoms with E-state index in [0.717, 1.165) is 5.69 Å². The molecule has 2 heterocycles. The number of aryl methyl sites for hydroxylation is 1. The van der Waals surface area contributed by atoms with Crippen LogP contribution in [0.5, 0.6) is 5.75 Å². The summed E-state index contributed by atoms with van der Waals surface area (Å²) in [6, 6.07) is 12.4. The van der Waals surface area contributed by atoms with Crippen LogP contribution >= 0.6 is 0 Å². The van der Waals surface area contributed by atoms with Crippen molar-refractivity contribution in [2.45, 2.75) is 18.0 Å². The second kappa shape index (κ2) is 8.14. The van der Waals surface area contributed by atoms with E-state index in [9.17, 15) is 26.7 Å². The van der Waals surface area contributed by atoms with E-state index in [1.54, 1.807) is 40.7 Å². The maximum absolute atomic E-state index is 12.8. The second-order valence-corrected chi connectivity index (χ2v) is 9.22. The quantitative estimate of drug-likeness (QED) is 0.598. The summed E-state index contributed by atoms with van der Waals surface area (Å²) >= 11 is 0. The number of fused-ring (bicyclic) bond motifs is 1. The molecule has 2 aromatic carbocycles. The number of nitrogens with zero attached hydrogens (tertiary/aromatic N) is 2. The normalized spacial score (nSPS) is 18.7. The third kappa shape index (κ3) is 4.30. The Morgan fingerprint density at radius 1 is 1.22 bits per heavy atom. The maximum Gasteiger partial charge on any atom is 0.516 e. The molecule has 0 fully saturated rings. The van der Waals surface area contributed by atoms with Crippen molar-refractivity contribution in [3.05, 3.63) is 66.0 Å². The highest BCUT2D eigenvalue weighted by Crippen LogP contribution is 2.40. The van der Waals surface area contributed by atoms with Crippen LogP contribution in [-0.4, -0.2) is 35.4 Å². The van der Waals surface area contributed by atoms with E-state index in [2.05, 4.69) is 5.10 Å². The van der Waals surface area contributed by atoms with Crippen LogP contribution in [0.1, 0.15) is 17.4 Å². The zero-order valence-corrected chi connectivity index (χ0v) is 17.7. The van der Waals surface area contributed by atoms with Gasteiger partial charge in [-0.2, -0.15) is 26.7 Å². The largest absolute Gasteiger partial charge is 0.516 e. The monoisotopic (exact) mass is 467 g/mol. The Labute approximate surface area is 182 Å². The fourth-order valence-corrected chi connectivity index (χ4v) is 4.23. The molecule has 32 heavy (non-hydrogen) atoms. The van der Waals surface area contributed by atoms with Gasteiger partial charge in [0.2, 0.25) is 0 Å². The Kier molecular flexibility index (Phi) is 5.63. The molecule has 11 heteroatoms. The minimum atomic E-state index is -5.57. The lowest BCUT2D eigenvalue weighted by Gasteiger charge is -2.30. The van der Waals surface area contributed by atoms with Gasteiger partial charge in [0.1, 0.15) is 5.75 Å². The molecule has 7 nitrogen and oxygen atoms in total. The molecule has 2 N–H and O–H groups in total. The van der Waals surface area contributed by atoms with Gasteiger partial charge in [0.25, 0.3) is 0 Å². The summed E-state index contributed by atoms with van der Waals surface area (Å²) < 4.78 is 70.7. The van der Waals surface area contributed by atoms with Gasteiger partial charge < -0.3 is 9.84 Å². The minimum Gasteiger partial charge on any atom is -0.493 e. The lowest BCUT2D eigenvalue weighted by atomic mass is 9.88. The summed E-state index contributed by atoms with van der Waals surface area (Å²) in [6.07, 6.45) is 1.52. The number of nitrogens with one attached hydrogen (secondary N) is 1. The predicted octanol–water partition coefficient (Wildman–Crippen LogP) is 3.63. The molecule has 0 spiro atoms. The molecule has 170 valence electrons. The molecule has 4 rings (SSSR count). The molecule has 1 aliphatic heterocycles. The Bertz CT molecular complexity index is 1240. The summed E-state index contributed by atoms with van der Waals surface area (Å²) in [7, 11) is -3.77. The first-order chi connectivity index (χ1) is 15.0. The zero-order chi connectivity index (χ0) is 23.1. The molecule has 1 aromatic heterocycles. The van der Waals surface area contributed by atoms with Crippen molar-refractivity contribution in [3.8, 4) is 16.9 Å². The van der Waals surface area contributed by atoms with Crippen molar-refractivity contribution >= 4 is 15.7 Å². The van der Waals surface area contributed by atoms with E-state index >= 15 is 0 Å². The van der Waals surface area contributed by atoms with Gasteiger partial charge in [-0.15, -0.1) is 0 Å². The molecule has 2 atom stereocenters. The van der Waals surface area contributed by atoms with Crippen molar-refractivity contribution in [1.29, 1.82) is 0 Å². The number of halogens is 3. The van der Waals surface area contributed by atoms with Crippen LogP contribution < -0.4 is 9.46 Å². The van der Waals surface area contributed by atoms with Gasteiger partial charge in [-0.1, -0.05) is 30.3 Å². The Balaban J connectivity index is 1.61. The van der Waals surface area contributed by atoms with E-state index in [4.69, 9.17) is 4.74 Å². The van der Waals surface area contributed by atoms with Crippen LogP contribution in [0.25, 0.3) is 11.1 Å². The molecule has 0 saturated carbocycles. The average Bonchev–Trinajstić information content (AvgIpc) is 3.14. The SMILES string of the molecule is Cn1ccc(C[C@H]2COc3cc(-c4ccccc4NS(=O)(=O)C(F)(F)F)ccc3[C@@H]2O)n1. The van der Waals surface area contributed by atoms with Gasteiger partial charge in [-0.3, -0.25) is 9.40 Å². The second-order valence-electron chi connectivity index (χ2n) is 7.55. The highest BCUT2D eigenvalue weighted by molar-refractivity contribution is 7.93. The summed E-state index contributed by atoms with van der Waals surface area (Å²) in [5.74, 6) is 0.176. The third-order valence-electron chi connectivity index (χ3n) is 5.26. The highest BCUT2D eigenvalue weighted by atomic mass is 32.2. The maximum atomic E-state index is 12.8. The van der Waals surface area contributed by atoms with Gasteiger partial charge in [-0.25, -0.2) is 0 Å². The van der Waals surface area contributed by atoms with E-state index < -0.39 is 21.6 Å². The smallest absolute Gasteiger partial charge is 0.493 e. The van der Waals surface area contributed by atoms with Crippen LogP contribution in [0, 0.1) is 5.92 Å². The molecular weight excluding hydrogens is 447 g/mol. The molecule has 0 aliphatic carbocycles. The number of aliphatic hydroxyl groups is 1. The lowest BCUT2D eigenvalue weighted by molar-refractivity contribution is -0.0429. The van der Waals surface area contributed by atoms with Gasteiger partial charge in [0.15, 0.2) is 0 Å². The van der Waals surface area contributed by atoms with Crippen LogP contribution in [0.2, 0.25) is 0 Å². The van der Waals surface area contributed by atoms with Gasteiger partial charge in [0, 0.05) is 36.7 Å². The number of hydrogen-bond donors (Lipinski definition) is 2. The number of aromatic nitrogens is 2. The van der Waals surface area contributed by atoms with E-state index in [1.807, 2.05) is 12.3 Å². The first kappa shape index (κ1) is 22.2. The summed E-state index contributed by atoms with van der Waals surface area (Å²) in [4.78, 5) is 0. The average molecular weight is 467 g/mol. The van der Waals surface area contributed by atoms with Crippen molar-refractivity contribution in [2.75, 3.05) is 11.3 Å². The Hall–Kier alpha value is -3.05. The van der Waals surface area contributed by atoms with Gasteiger partial charge in [0.05, 0.1) is 24.1 Å². The number of rotatable bonds is 5. The standard InChI is InChI=1S/C21H20F3N3O4S/c1-27-9-8-15(25-27)10-14-12-31-19-11-13(6-7-17(19)20(14)28)16-4-2-3-5-18(16)26-32(29,30)21(22,23)24/h2-9,11,14,20,26,28H,10,12H2,1H3/t14-,20+/m0/s1. The van der Waals surface area contributed by atoms with E-state index in [-0.39, 0.29) is 23.8 Å². The highest BCUT2D eigenvalue weighted by Gasteiger charge is 2.46. The number of hydrogen-bond acceptors (Lipinski definition) is 5. The molecule has 0 unspecified atom stereocenters. The molecule has 1 aliphatic rings. The molecule has 0 bridgehead atoms. The predicted molar refractivity (Wildman–Crippen MR) is 111 cm³/mol. The third-order valence-corrected chi connectivity index (χ3v) is 6.36. The molecule has 0 amide bonds. The number of anilines is 1.